The first-order chi connectivity index (χ1) is 15.3. The SMILES string of the molecule is CNCc1c(N)ncnc1C(=O)NC(C)c1ncc(C(=O)Nc2ccc(CF)c(Cl)c2)s1. The maximum atomic E-state index is 12.8. The van der Waals surface area contributed by atoms with E-state index in [1.165, 1.54) is 24.7 Å². The van der Waals surface area contributed by atoms with Crippen molar-refractivity contribution in [3.63, 3.8) is 0 Å². The first-order valence-corrected chi connectivity index (χ1v) is 10.7. The molecule has 2 amide bonds. The van der Waals surface area contributed by atoms with E-state index in [2.05, 4.69) is 30.9 Å². The first kappa shape index (κ1) is 23.5. The average Bonchev–Trinajstić information content (AvgIpc) is 3.26. The van der Waals surface area contributed by atoms with Crippen LogP contribution in [0.25, 0.3) is 0 Å². The Morgan fingerprint density at radius 3 is 2.72 bits per heavy atom. The van der Waals surface area contributed by atoms with Gasteiger partial charge in [0.05, 0.1) is 12.2 Å². The van der Waals surface area contributed by atoms with Crippen molar-refractivity contribution in [3.05, 3.63) is 62.5 Å². The lowest BCUT2D eigenvalue weighted by atomic mass is 10.2. The van der Waals surface area contributed by atoms with Crippen molar-refractivity contribution in [2.24, 2.45) is 0 Å². The molecule has 168 valence electrons. The Hall–Kier alpha value is -3.15. The first-order valence-electron chi connectivity index (χ1n) is 9.50. The molecule has 0 spiro atoms. The number of carbonyl (C=O) groups excluding carboxylic acids is 2. The molecule has 3 rings (SSSR count). The third kappa shape index (κ3) is 5.36. The Morgan fingerprint density at radius 1 is 1.25 bits per heavy atom. The highest BCUT2D eigenvalue weighted by molar-refractivity contribution is 7.13. The van der Waals surface area contributed by atoms with Crippen LogP contribution in [0, 0.1) is 0 Å². The number of amides is 2. The van der Waals surface area contributed by atoms with E-state index in [0.717, 1.165) is 11.3 Å². The number of nitrogen functional groups attached to an aromatic ring is 1. The summed E-state index contributed by atoms with van der Waals surface area (Å²) >= 11 is 7.12. The normalized spacial score (nSPS) is 11.8. The van der Waals surface area contributed by atoms with E-state index in [4.69, 9.17) is 17.3 Å². The second-order valence-corrected chi connectivity index (χ2v) is 8.24. The third-order valence-electron chi connectivity index (χ3n) is 4.47. The van der Waals surface area contributed by atoms with E-state index >= 15 is 0 Å². The molecule has 0 aliphatic rings. The van der Waals surface area contributed by atoms with Gasteiger partial charge >= 0.3 is 0 Å². The monoisotopic (exact) mass is 477 g/mol. The number of anilines is 2. The maximum Gasteiger partial charge on any atom is 0.270 e. The number of aromatic nitrogens is 3. The highest BCUT2D eigenvalue weighted by Crippen LogP contribution is 2.25. The molecule has 1 aromatic carbocycles. The number of nitrogens with zero attached hydrogens (tertiary/aromatic N) is 3. The van der Waals surface area contributed by atoms with Crippen LogP contribution >= 0.6 is 22.9 Å². The summed E-state index contributed by atoms with van der Waals surface area (Å²) in [7, 11) is 1.72. The predicted octanol–water partition coefficient (Wildman–Crippen LogP) is 3.10. The average molecular weight is 478 g/mol. The molecule has 0 aliphatic heterocycles. The van der Waals surface area contributed by atoms with Crippen molar-refractivity contribution in [1.29, 1.82) is 0 Å². The zero-order chi connectivity index (χ0) is 23.3. The number of halogens is 2. The molecular weight excluding hydrogens is 457 g/mol. The van der Waals surface area contributed by atoms with Gasteiger partial charge in [0.2, 0.25) is 0 Å². The fourth-order valence-electron chi connectivity index (χ4n) is 2.82. The fourth-order valence-corrected chi connectivity index (χ4v) is 3.86. The predicted molar refractivity (Wildman–Crippen MR) is 121 cm³/mol. The largest absolute Gasteiger partial charge is 0.383 e. The van der Waals surface area contributed by atoms with Gasteiger partial charge in [-0.3, -0.25) is 9.59 Å². The summed E-state index contributed by atoms with van der Waals surface area (Å²) < 4.78 is 12.8. The van der Waals surface area contributed by atoms with Crippen molar-refractivity contribution in [1.82, 2.24) is 25.6 Å². The van der Waals surface area contributed by atoms with E-state index in [-0.39, 0.29) is 16.5 Å². The number of alkyl halides is 1. The standard InChI is InChI=1S/C20H21ClFN7O2S/c1-10(28-19(31)16-13(7-24-2)17(23)27-9-26-16)20-25-8-15(32-20)18(30)29-12-4-3-11(6-22)14(21)5-12/h3-5,8-10,24H,6-7H2,1-2H3,(H,28,31)(H,29,30)(H2,23,26,27). The van der Waals surface area contributed by atoms with Crippen LogP contribution in [0.2, 0.25) is 5.02 Å². The minimum Gasteiger partial charge on any atom is -0.383 e. The van der Waals surface area contributed by atoms with Gasteiger partial charge in [0.25, 0.3) is 11.8 Å². The van der Waals surface area contributed by atoms with Gasteiger partial charge in [0, 0.05) is 28.4 Å². The lowest BCUT2D eigenvalue weighted by Gasteiger charge is -2.13. The second-order valence-electron chi connectivity index (χ2n) is 6.77. The Balaban J connectivity index is 1.68. The number of thiazole rings is 1. The highest BCUT2D eigenvalue weighted by Gasteiger charge is 2.21. The summed E-state index contributed by atoms with van der Waals surface area (Å²) in [6, 6.07) is 4.08. The van der Waals surface area contributed by atoms with Gasteiger partial charge < -0.3 is 21.7 Å². The van der Waals surface area contributed by atoms with Crippen LogP contribution in [0.1, 0.15) is 49.3 Å². The number of benzene rings is 1. The molecule has 32 heavy (non-hydrogen) atoms. The lowest BCUT2D eigenvalue weighted by molar-refractivity contribution is 0.0932. The molecule has 2 heterocycles. The van der Waals surface area contributed by atoms with Gasteiger partial charge in [-0.05, 0) is 26.1 Å². The van der Waals surface area contributed by atoms with Crippen LogP contribution in [0.4, 0.5) is 15.9 Å². The van der Waals surface area contributed by atoms with Crippen molar-refractivity contribution in [3.8, 4) is 0 Å². The molecule has 0 radical (unpaired) electrons. The smallest absolute Gasteiger partial charge is 0.270 e. The summed E-state index contributed by atoms with van der Waals surface area (Å²) in [5.74, 6) is -0.600. The number of rotatable bonds is 8. The zero-order valence-corrected chi connectivity index (χ0v) is 18.9. The number of nitrogens with two attached hydrogens (primary N) is 1. The fraction of sp³-hybridized carbons (Fsp3) is 0.250. The number of carbonyl (C=O) groups is 2. The number of hydrogen-bond donors (Lipinski definition) is 4. The van der Waals surface area contributed by atoms with E-state index in [1.807, 2.05) is 0 Å². The zero-order valence-electron chi connectivity index (χ0n) is 17.3. The Kier molecular flexibility index (Phi) is 7.67. The summed E-state index contributed by atoms with van der Waals surface area (Å²) in [5, 5.41) is 9.20. The molecule has 1 unspecified atom stereocenters. The number of hydrogen-bond acceptors (Lipinski definition) is 8. The van der Waals surface area contributed by atoms with Crippen LogP contribution in [0.3, 0.4) is 0 Å². The van der Waals surface area contributed by atoms with E-state index in [0.29, 0.717) is 33.2 Å². The van der Waals surface area contributed by atoms with Gasteiger partial charge in [-0.15, -0.1) is 11.3 Å². The summed E-state index contributed by atoms with van der Waals surface area (Å²) in [6.45, 7) is 1.39. The van der Waals surface area contributed by atoms with Crippen molar-refractivity contribution >= 4 is 46.3 Å². The van der Waals surface area contributed by atoms with Crippen LogP contribution in [-0.4, -0.2) is 33.8 Å². The summed E-state index contributed by atoms with van der Waals surface area (Å²) in [5.41, 5.74) is 7.31. The Morgan fingerprint density at radius 2 is 2.03 bits per heavy atom. The maximum absolute atomic E-state index is 12.8. The summed E-state index contributed by atoms with van der Waals surface area (Å²) in [6.07, 6.45) is 2.65. The molecule has 0 bridgehead atoms. The van der Waals surface area contributed by atoms with Gasteiger partial charge in [-0.25, -0.2) is 19.3 Å². The molecule has 2 aromatic heterocycles. The van der Waals surface area contributed by atoms with Gasteiger partial charge in [0.1, 0.15) is 34.4 Å². The highest BCUT2D eigenvalue weighted by atomic mass is 35.5. The molecule has 0 saturated carbocycles. The minimum atomic E-state index is -0.688. The van der Waals surface area contributed by atoms with Crippen molar-refractivity contribution in [2.45, 2.75) is 26.2 Å². The lowest BCUT2D eigenvalue weighted by Crippen LogP contribution is -2.29. The van der Waals surface area contributed by atoms with Gasteiger partial charge in [0.15, 0.2) is 0 Å². The van der Waals surface area contributed by atoms with Gasteiger partial charge in [-0.2, -0.15) is 0 Å². The Labute approximate surface area is 192 Å². The molecule has 3 aromatic rings. The molecule has 1 atom stereocenters. The quantitative estimate of drug-likeness (QED) is 0.391. The second kappa shape index (κ2) is 10.4. The molecular formula is C20H21ClFN7O2S. The number of nitrogens with one attached hydrogen (secondary N) is 3. The minimum absolute atomic E-state index is 0.168. The van der Waals surface area contributed by atoms with Crippen LogP contribution < -0.4 is 21.7 Å². The van der Waals surface area contributed by atoms with E-state index in [1.54, 1.807) is 20.0 Å². The summed E-state index contributed by atoms with van der Waals surface area (Å²) in [4.78, 5) is 37.8. The van der Waals surface area contributed by atoms with E-state index < -0.39 is 24.5 Å². The molecule has 9 nitrogen and oxygen atoms in total. The Bertz CT molecular complexity index is 1140. The molecule has 0 aliphatic carbocycles. The molecule has 0 saturated heterocycles. The van der Waals surface area contributed by atoms with Gasteiger partial charge in [-0.1, -0.05) is 17.7 Å². The molecule has 0 fully saturated rings. The van der Waals surface area contributed by atoms with Crippen molar-refractivity contribution < 1.29 is 14.0 Å². The topological polar surface area (TPSA) is 135 Å². The van der Waals surface area contributed by atoms with Crippen molar-refractivity contribution in [2.75, 3.05) is 18.1 Å². The molecule has 5 N–H and O–H groups in total. The van der Waals surface area contributed by atoms with Crippen LogP contribution in [0.15, 0.2) is 30.7 Å². The molecule has 12 heteroatoms. The van der Waals surface area contributed by atoms with E-state index in [9.17, 15) is 14.0 Å². The third-order valence-corrected chi connectivity index (χ3v) is 6.00. The van der Waals surface area contributed by atoms with Crippen LogP contribution in [0.5, 0.6) is 0 Å². The van der Waals surface area contributed by atoms with Crippen LogP contribution in [-0.2, 0) is 13.2 Å².